The van der Waals surface area contributed by atoms with Crippen LogP contribution < -0.4 is 5.32 Å². The normalized spacial score (nSPS) is 13.0. The number of hydrogen-bond acceptors (Lipinski definition) is 2. The zero-order valence-corrected chi connectivity index (χ0v) is 8.63. The standard InChI is InChI=1S/C9H19NS/c1-5-10-9(8(3)4)7-11-6-2/h9-10H,3,5-7H2,1-2,4H3. The number of rotatable bonds is 6. The second-order valence-corrected chi connectivity index (χ2v) is 3.94. The molecule has 0 bridgehead atoms. The molecule has 0 spiro atoms. The smallest absolute Gasteiger partial charge is 0.0365 e. The lowest BCUT2D eigenvalue weighted by Crippen LogP contribution is -2.31. The maximum absolute atomic E-state index is 3.95. The van der Waals surface area contributed by atoms with Crippen molar-refractivity contribution in [2.75, 3.05) is 18.1 Å². The predicted octanol–water partition coefficient (Wildman–Crippen LogP) is 2.29. The fourth-order valence-electron chi connectivity index (χ4n) is 0.858. The molecule has 0 rings (SSSR count). The van der Waals surface area contributed by atoms with E-state index in [2.05, 4.69) is 32.7 Å². The Kier molecular flexibility index (Phi) is 6.77. The first-order chi connectivity index (χ1) is 5.22. The Hall–Kier alpha value is 0.0500. The van der Waals surface area contributed by atoms with Crippen LogP contribution in [0.5, 0.6) is 0 Å². The third-order valence-electron chi connectivity index (χ3n) is 1.53. The molecule has 1 N–H and O–H groups in total. The summed E-state index contributed by atoms with van der Waals surface area (Å²) in [5.41, 5.74) is 1.24. The summed E-state index contributed by atoms with van der Waals surface area (Å²) in [4.78, 5) is 0. The summed E-state index contributed by atoms with van der Waals surface area (Å²) in [6.07, 6.45) is 0. The van der Waals surface area contributed by atoms with Gasteiger partial charge in [0.15, 0.2) is 0 Å². The molecule has 0 fully saturated rings. The minimum Gasteiger partial charge on any atom is -0.310 e. The van der Waals surface area contributed by atoms with Crippen molar-refractivity contribution in [3.63, 3.8) is 0 Å². The van der Waals surface area contributed by atoms with Gasteiger partial charge in [-0.2, -0.15) is 11.8 Å². The van der Waals surface area contributed by atoms with Crippen molar-refractivity contribution in [3.8, 4) is 0 Å². The number of likely N-dealkylation sites (N-methyl/N-ethyl adjacent to an activating group) is 1. The van der Waals surface area contributed by atoms with Crippen LogP contribution in [0.4, 0.5) is 0 Å². The van der Waals surface area contributed by atoms with Gasteiger partial charge in [-0.3, -0.25) is 0 Å². The first-order valence-electron chi connectivity index (χ1n) is 4.18. The van der Waals surface area contributed by atoms with Gasteiger partial charge in [-0.25, -0.2) is 0 Å². The Balaban J connectivity index is 3.60. The first-order valence-corrected chi connectivity index (χ1v) is 5.34. The van der Waals surface area contributed by atoms with Gasteiger partial charge in [0, 0.05) is 11.8 Å². The van der Waals surface area contributed by atoms with Gasteiger partial charge in [0.2, 0.25) is 0 Å². The monoisotopic (exact) mass is 173 g/mol. The van der Waals surface area contributed by atoms with E-state index in [0.29, 0.717) is 6.04 Å². The lowest BCUT2D eigenvalue weighted by Gasteiger charge is -2.16. The number of thioether (sulfide) groups is 1. The molecular weight excluding hydrogens is 154 g/mol. The summed E-state index contributed by atoms with van der Waals surface area (Å²) in [6.45, 7) is 11.4. The molecule has 2 heteroatoms. The highest BCUT2D eigenvalue weighted by atomic mass is 32.2. The summed E-state index contributed by atoms with van der Waals surface area (Å²) in [7, 11) is 0. The third kappa shape index (κ3) is 5.33. The van der Waals surface area contributed by atoms with E-state index in [1.165, 1.54) is 11.3 Å². The van der Waals surface area contributed by atoms with Gasteiger partial charge in [0.1, 0.15) is 0 Å². The molecule has 0 aromatic carbocycles. The largest absolute Gasteiger partial charge is 0.310 e. The van der Waals surface area contributed by atoms with Crippen LogP contribution in [0.3, 0.4) is 0 Å². The Morgan fingerprint density at radius 2 is 2.18 bits per heavy atom. The van der Waals surface area contributed by atoms with Crippen LogP contribution in [0.2, 0.25) is 0 Å². The highest BCUT2D eigenvalue weighted by molar-refractivity contribution is 7.99. The summed E-state index contributed by atoms with van der Waals surface area (Å²) < 4.78 is 0. The van der Waals surface area contributed by atoms with E-state index in [-0.39, 0.29) is 0 Å². The molecule has 1 unspecified atom stereocenters. The number of nitrogens with one attached hydrogen (secondary N) is 1. The van der Waals surface area contributed by atoms with E-state index in [1.807, 2.05) is 11.8 Å². The van der Waals surface area contributed by atoms with E-state index >= 15 is 0 Å². The van der Waals surface area contributed by atoms with Gasteiger partial charge in [-0.1, -0.05) is 26.0 Å². The molecule has 0 saturated heterocycles. The van der Waals surface area contributed by atoms with E-state index in [0.717, 1.165) is 12.3 Å². The molecule has 0 saturated carbocycles. The molecule has 1 atom stereocenters. The fourth-order valence-corrected chi connectivity index (χ4v) is 1.73. The molecule has 0 aromatic rings. The summed E-state index contributed by atoms with van der Waals surface area (Å²) in [5, 5.41) is 3.40. The molecule has 0 radical (unpaired) electrons. The van der Waals surface area contributed by atoms with Crippen LogP contribution >= 0.6 is 11.8 Å². The van der Waals surface area contributed by atoms with Crippen LogP contribution in [0.25, 0.3) is 0 Å². The maximum Gasteiger partial charge on any atom is 0.0365 e. The maximum atomic E-state index is 3.95. The molecule has 0 aromatic heterocycles. The van der Waals surface area contributed by atoms with E-state index in [1.54, 1.807) is 0 Å². The van der Waals surface area contributed by atoms with Crippen molar-refractivity contribution in [1.29, 1.82) is 0 Å². The van der Waals surface area contributed by atoms with Crippen molar-refractivity contribution in [2.45, 2.75) is 26.8 Å². The van der Waals surface area contributed by atoms with E-state index in [9.17, 15) is 0 Å². The summed E-state index contributed by atoms with van der Waals surface area (Å²) >= 11 is 1.96. The van der Waals surface area contributed by atoms with Crippen molar-refractivity contribution in [2.24, 2.45) is 0 Å². The molecule has 11 heavy (non-hydrogen) atoms. The quantitative estimate of drug-likeness (QED) is 0.619. The average Bonchev–Trinajstić information content (AvgIpc) is 1.97. The van der Waals surface area contributed by atoms with Crippen LogP contribution in [0.1, 0.15) is 20.8 Å². The first kappa shape index (κ1) is 11.1. The summed E-state index contributed by atoms with van der Waals surface area (Å²) in [6, 6.07) is 0.505. The van der Waals surface area contributed by atoms with Gasteiger partial charge in [0.05, 0.1) is 0 Å². The highest BCUT2D eigenvalue weighted by Crippen LogP contribution is 2.07. The Morgan fingerprint density at radius 3 is 2.55 bits per heavy atom. The van der Waals surface area contributed by atoms with Crippen LogP contribution in [0, 0.1) is 0 Å². The molecular formula is C9H19NS. The zero-order valence-electron chi connectivity index (χ0n) is 7.81. The Morgan fingerprint density at radius 1 is 1.55 bits per heavy atom. The molecule has 66 valence electrons. The third-order valence-corrected chi connectivity index (χ3v) is 2.51. The molecule has 0 aliphatic rings. The van der Waals surface area contributed by atoms with Crippen LogP contribution in [-0.4, -0.2) is 24.1 Å². The summed E-state index contributed by atoms with van der Waals surface area (Å²) in [5.74, 6) is 2.34. The fraction of sp³-hybridized carbons (Fsp3) is 0.778. The van der Waals surface area contributed by atoms with Gasteiger partial charge < -0.3 is 5.32 Å². The van der Waals surface area contributed by atoms with Gasteiger partial charge in [-0.15, -0.1) is 0 Å². The second-order valence-electron chi connectivity index (χ2n) is 2.62. The van der Waals surface area contributed by atoms with Gasteiger partial charge >= 0.3 is 0 Å². The minimum atomic E-state index is 0.505. The van der Waals surface area contributed by atoms with Crippen molar-refractivity contribution >= 4 is 11.8 Å². The molecule has 0 aliphatic carbocycles. The van der Waals surface area contributed by atoms with Crippen molar-refractivity contribution in [1.82, 2.24) is 5.32 Å². The Labute approximate surface area is 74.6 Å². The van der Waals surface area contributed by atoms with Gasteiger partial charge in [-0.05, 0) is 19.2 Å². The van der Waals surface area contributed by atoms with Crippen LogP contribution in [0.15, 0.2) is 12.2 Å². The lowest BCUT2D eigenvalue weighted by atomic mass is 10.2. The highest BCUT2D eigenvalue weighted by Gasteiger charge is 2.05. The topological polar surface area (TPSA) is 12.0 Å². The van der Waals surface area contributed by atoms with Crippen molar-refractivity contribution < 1.29 is 0 Å². The Bertz CT molecular complexity index is 112. The number of hydrogen-bond donors (Lipinski definition) is 1. The average molecular weight is 173 g/mol. The predicted molar refractivity (Wildman–Crippen MR) is 55.3 cm³/mol. The molecule has 1 nitrogen and oxygen atoms in total. The molecule has 0 aliphatic heterocycles. The minimum absolute atomic E-state index is 0.505. The SMILES string of the molecule is C=C(C)C(CSCC)NCC. The van der Waals surface area contributed by atoms with Gasteiger partial charge in [0.25, 0.3) is 0 Å². The zero-order chi connectivity index (χ0) is 8.69. The molecule has 0 heterocycles. The van der Waals surface area contributed by atoms with Crippen molar-refractivity contribution in [3.05, 3.63) is 12.2 Å². The second kappa shape index (κ2) is 6.74. The van der Waals surface area contributed by atoms with E-state index < -0.39 is 0 Å². The van der Waals surface area contributed by atoms with Crippen LogP contribution in [-0.2, 0) is 0 Å². The lowest BCUT2D eigenvalue weighted by molar-refractivity contribution is 0.642. The van der Waals surface area contributed by atoms with E-state index in [4.69, 9.17) is 0 Å². The molecule has 0 amide bonds.